The first-order valence-corrected chi connectivity index (χ1v) is 5.74. The Bertz CT molecular complexity index is 485. The molecule has 2 aromatic rings. The molecule has 1 nitrogen and oxygen atoms in total. The summed E-state index contributed by atoms with van der Waals surface area (Å²) in [6, 6.07) is 19.8. The van der Waals surface area contributed by atoms with Crippen molar-refractivity contribution in [3.05, 3.63) is 77.9 Å². The van der Waals surface area contributed by atoms with Gasteiger partial charge in [0, 0.05) is 0 Å². The predicted octanol–water partition coefficient (Wildman–Crippen LogP) is 3.82. The number of allylic oxidation sites excluding steroid dienone is 1. The molecule has 0 aliphatic carbocycles. The van der Waals surface area contributed by atoms with E-state index in [2.05, 4.69) is 0 Å². The van der Waals surface area contributed by atoms with E-state index in [0.29, 0.717) is 0 Å². The molecule has 0 amide bonds. The highest BCUT2D eigenvalue weighted by atomic mass is 16.3. The Morgan fingerprint density at radius 2 is 1.47 bits per heavy atom. The number of hydrogen-bond acceptors (Lipinski definition) is 1. The maximum atomic E-state index is 10.1. The van der Waals surface area contributed by atoms with Crippen LogP contribution in [0.25, 0.3) is 5.57 Å². The van der Waals surface area contributed by atoms with Crippen LogP contribution >= 0.6 is 0 Å². The Kier molecular flexibility index (Phi) is 3.73. The normalized spacial score (nSPS) is 13.4. The van der Waals surface area contributed by atoms with Crippen LogP contribution in [0.2, 0.25) is 0 Å². The summed E-state index contributed by atoms with van der Waals surface area (Å²) in [5.41, 5.74) is 3.15. The van der Waals surface area contributed by atoms with E-state index in [1.165, 1.54) is 0 Å². The molecule has 17 heavy (non-hydrogen) atoms. The highest BCUT2D eigenvalue weighted by molar-refractivity contribution is 5.64. The van der Waals surface area contributed by atoms with Crippen molar-refractivity contribution in [1.29, 1.82) is 0 Å². The third-order valence-electron chi connectivity index (χ3n) is 2.78. The summed E-state index contributed by atoms with van der Waals surface area (Å²) in [5.74, 6) is 0. The van der Waals surface area contributed by atoms with Gasteiger partial charge < -0.3 is 5.11 Å². The van der Waals surface area contributed by atoms with Gasteiger partial charge in [-0.25, -0.2) is 0 Å². The molecule has 0 radical (unpaired) electrons. The van der Waals surface area contributed by atoms with Gasteiger partial charge in [0.25, 0.3) is 0 Å². The second kappa shape index (κ2) is 5.46. The van der Waals surface area contributed by atoms with Gasteiger partial charge in [-0.3, -0.25) is 0 Å². The molecule has 0 saturated carbocycles. The summed E-state index contributed by atoms with van der Waals surface area (Å²) in [7, 11) is 0. The van der Waals surface area contributed by atoms with Crippen LogP contribution in [-0.2, 0) is 0 Å². The van der Waals surface area contributed by atoms with Gasteiger partial charge in [-0.1, -0.05) is 60.7 Å². The van der Waals surface area contributed by atoms with Gasteiger partial charge in [-0.05, 0) is 29.7 Å². The van der Waals surface area contributed by atoms with Gasteiger partial charge in [0.1, 0.15) is 0 Å². The molecule has 0 aliphatic heterocycles. The van der Waals surface area contributed by atoms with Crippen molar-refractivity contribution in [2.24, 2.45) is 0 Å². The molecule has 0 aliphatic rings. The third-order valence-corrected chi connectivity index (χ3v) is 2.78. The molecule has 0 aromatic heterocycles. The summed E-state index contributed by atoms with van der Waals surface area (Å²) < 4.78 is 0. The fourth-order valence-electron chi connectivity index (χ4n) is 1.78. The second-order valence-electron chi connectivity index (χ2n) is 4.07. The van der Waals surface area contributed by atoms with E-state index in [1.807, 2.05) is 73.7 Å². The third kappa shape index (κ3) is 3.05. The van der Waals surface area contributed by atoms with Crippen LogP contribution in [0.1, 0.15) is 24.2 Å². The van der Waals surface area contributed by atoms with Crippen molar-refractivity contribution < 1.29 is 5.11 Å². The number of rotatable bonds is 3. The molecular formula is C16H16O. The maximum Gasteiger partial charge on any atom is 0.0977 e. The van der Waals surface area contributed by atoms with Crippen LogP contribution in [-0.4, -0.2) is 5.11 Å². The zero-order valence-corrected chi connectivity index (χ0v) is 9.88. The van der Waals surface area contributed by atoms with Crippen LogP contribution in [0.15, 0.2) is 66.7 Å². The highest BCUT2D eigenvalue weighted by Crippen LogP contribution is 2.20. The fourth-order valence-corrected chi connectivity index (χ4v) is 1.78. The van der Waals surface area contributed by atoms with Gasteiger partial charge >= 0.3 is 0 Å². The number of hydrogen-bond donors (Lipinski definition) is 1. The van der Waals surface area contributed by atoms with E-state index < -0.39 is 6.10 Å². The van der Waals surface area contributed by atoms with Crippen LogP contribution in [0, 0.1) is 0 Å². The van der Waals surface area contributed by atoms with Gasteiger partial charge in [-0.15, -0.1) is 0 Å². The number of benzene rings is 2. The molecule has 0 heterocycles. The number of aliphatic hydroxyl groups excluding tert-OH is 1. The molecule has 0 saturated heterocycles. The van der Waals surface area contributed by atoms with E-state index >= 15 is 0 Å². The molecule has 0 fully saturated rings. The first-order chi connectivity index (χ1) is 8.27. The molecule has 2 rings (SSSR count). The molecule has 0 unspecified atom stereocenters. The summed E-state index contributed by atoms with van der Waals surface area (Å²) in [6.45, 7) is 2.02. The van der Waals surface area contributed by atoms with E-state index in [1.54, 1.807) is 0 Å². The Balaban J connectivity index is 2.20. The molecule has 2 aromatic carbocycles. The minimum absolute atomic E-state index is 0.545. The minimum Gasteiger partial charge on any atom is -0.384 e. The molecule has 1 atom stereocenters. The number of aliphatic hydroxyl groups is 1. The smallest absolute Gasteiger partial charge is 0.0977 e. The van der Waals surface area contributed by atoms with E-state index in [0.717, 1.165) is 16.7 Å². The lowest BCUT2D eigenvalue weighted by Gasteiger charge is -2.08. The van der Waals surface area contributed by atoms with Crippen LogP contribution in [0.5, 0.6) is 0 Å². The first kappa shape index (κ1) is 11.6. The molecule has 0 spiro atoms. The van der Waals surface area contributed by atoms with E-state index in [9.17, 15) is 5.11 Å². The largest absolute Gasteiger partial charge is 0.384 e. The molecule has 0 bridgehead atoms. The van der Waals surface area contributed by atoms with Crippen LogP contribution in [0.4, 0.5) is 0 Å². The zero-order valence-electron chi connectivity index (χ0n) is 9.88. The van der Waals surface area contributed by atoms with Crippen molar-refractivity contribution in [2.45, 2.75) is 13.0 Å². The summed E-state index contributed by atoms with van der Waals surface area (Å²) >= 11 is 0. The van der Waals surface area contributed by atoms with Crippen molar-refractivity contribution in [3.63, 3.8) is 0 Å². The molecule has 1 heteroatoms. The van der Waals surface area contributed by atoms with E-state index in [-0.39, 0.29) is 0 Å². The fraction of sp³-hybridized carbons (Fsp3) is 0.125. The van der Waals surface area contributed by atoms with Gasteiger partial charge in [0.2, 0.25) is 0 Å². The van der Waals surface area contributed by atoms with Gasteiger partial charge in [0.05, 0.1) is 6.10 Å². The topological polar surface area (TPSA) is 20.2 Å². The average molecular weight is 224 g/mol. The van der Waals surface area contributed by atoms with Gasteiger partial charge in [0.15, 0.2) is 0 Å². The standard InChI is InChI=1S/C16H16O/c1-13(14-8-4-2-5-9-14)12-16(17)15-10-6-3-7-11-15/h2-12,16-17H,1H3/b13-12+/t16-/m0/s1. The van der Waals surface area contributed by atoms with Crippen LogP contribution < -0.4 is 0 Å². The lowest BCUT2D eigenvalue weighted by atomic mass is 10.0. The second-order valence-corrected chi connectivity index (χ2v) is 4.07. The average Bonchev–Trinajstić information content (AvgIpc) is 2.40. The summed E-state index contributed by atoms with van der Waals surface area (Å²) in [5, 5.41) is 10.1. The Labute approximate surface area is 102 Å². The Hall–Kier alpha value is -1.86. The minimum atomic E-state index is -0.545. The Morgan fingerprint density at radius 1 is 0.941 bits per heavy atom. The van der Waals surface area contributed by atoms with Crippen molar-refractivity contribution in [3.8, 4) is 0 Å². The SMILES string of the molecule is C/C(=C\[C@H](O)c1ccccc1)c1ccccc1. The molecule has 1 N–H and O–H groups in total. The zero-order chi connectivity index (χ0) is 12.1. The first-order valence-electron chi connectivity index (χ1n) is 5.74. The maximum absolute atomic E-state index is 10.1. The van der Waals surface area contributed by atoms with Crippen molar-refractivity contribution >= 4 is 5.57 Å². The quantitative estimate of drug-likeness (QED) is 0.840. The van der Waals surface area contributed by atoms with Crippen molar-refractivity contribution in [2.75, 3.05) is 0 Å². The summed E-state index contributed by atoms with van der Waals surface area (Å²) in [6.07, 6.45) is 1.33. The Morgan fingerprint density at radius 3 is 2.06 bits per heavy atom. The molecular weight excluding hydrogens is 208 g/mol. The highest BCUT2D eigenvalue weighted by Gasteiger charge is 2.04. The van der Waals surface area contributed by atoms with Gasteiger partial charge in [-0.2, -0.15) is 0 Å². The monoisotopic (exact) mass is 224 g/mol. The van der Waals surface area contributed by atoms with Crippen molar-refractivity contribution in [1.82, 2.24) is 0 Å². The summed E-state index contributed by atoms with van der Waals surface area (Å²) in [4.78, 5) is 0. The molecule has 86 valence electrons. The lowest BCUT2D eigenvalue weighted by Crippen LogP contribution is -1.93. The van der Waals surface area contributed by atoms with E-state index in [4.69, 9.17) is 0 Å². The van der Waals surface area contributed by atoms with Crippen LogP contribution in [0.3, 0.4) is 0 Å². The lowest BCUT2D eigenvalue weighted by molar-refractivity contribution is 0.229. The predicted molar refractivity (Wildman–Crippen MR) is 71.5 cm³/mol.